The lowest BCUT2D eigenvalue weighted by Crippen LogP contribution is -2.27. The highest BCUT2D eigenvalue weighted by molar-refractivity contribution is 5.95. The van der Waals surface area contributed by atoms with Gasteiger partial charge in [0.1, 0.15) is 11.4 Å². The number of nitrogens with zero attached hydrogens (tertiary/aromatic N) is 4. The lowest BCUT2D eigenvalue weighted by atomic mass is 10.1. The Hall–Kier alpha value is -4.60. The maximum Gasteiger partial charge on any atom is 0.412 e. The molecule has 2 heterocycles. The summed E-state index contributed by atoms with van der Waals surface area (Å²) in [5.41, 5.74) is 3.77. The first kappa shape index (κ1) is 25.5. The van der Waals surface area contributed by atoms with Crippen LogP contribution in [0.5, 0.6) is 5.75 Å². The van der Waals surface area contributed by atoms with Crippen molar-refractivity contribution in [3.8, 4) is 16.9 Å². The molecule has 0 aliphatic carbocycles. The Morgan fingerprint density at radius 2 is 1.68 bits per heavy atom. The first-order valence-electron chi connectivity index (χ1n) is 11.7. The monoisotopic (exact) mass is 502 g/mol. The number of anilines is 3. The van der Waals surface area contributed by atoms with E-state index in [-0.39, 0.29) is 5.91 Å². The SMILES string of the molecule is COc1cc(C(=O)N(C)C)ccc1Nc1nc2ccc(-c3ccc(NC(=O)OC(C)(C)C)cc3)cn2n1. The number of carbonyl (C=O) groups is 2. The van der Waals surface area contributed by atoms with Gasteiger partial charge in [0.15, 0.2) is 5.65 Å². The number of methoxy groups -OCH3 is 1. The highest BCUT2D eigenvalue weighted by Crippen LogP contribution is 2.29. The summed E-state index contributed by atoms with van der Waals surface area (Å²) < 4.78 is 12.4. The number of benzene rings is 2. The molecule has 192 valence electrons. The number of amides is 2. The number of pyridine rings is 1. The number of aromatic nitrogens is 3. The molecule has 0 bridgehead atoms. The van der Waals surface area contributed by atoms with Crippen LogP contribution < -0.4 is 15.4 Å². The fourth-order valence-corrected chi connectivity index (χ4v) is 3.58. The fourth-order valence-electron chi connectivity index (χ4n) is 3.58. The zero-order valence-electron chi connectivity index (χ0n) is 21.7. The molecule has 0 aliphatic heterocycles. The van der Waals surface area contributed by atoms with E-state index < -0.39 is 11.7 Å². The van der Waals surface area contributed by atoms with E-state index in [1.807, 2.05) is 63.4 Å². The Morgan fingerprint density at radius 1 is 0.973 bits per heavy atom. The van der Waals surface area contributed by atoms with Gasteiger partial charge in [-0.1, -0.05) is 12.1 Å². The summed E-state index contributed by atoms with van der Waals surface area (Å²) in [6.07, 6.45) is 1.37. The van der Waals surface area contributed by atoms with Gasteiger partial charge < -0.3 is 19.7 Å². The molecule has 0 fully saturated rings. The Balaban J connectivity index is 1.51. The van der Waals surface area contributed by atoms with Gasteiger partial charge in [0.05, 0.1) is 12.8 Å². The van der Waals surface area contributed by atoms with Crippen LogP contribution in [-0.4, -0.2) is 58.3 Å². The van der Waals surface area contributed by atoms with Gasteiger partial charge in [-0.25, -0.2) is 9.31 Å². The molecule has 0 unspecified atom stereocenters. The number of ether oxygens (including phenoxy) is 2. The fraction of sp³-hybridized carbons (Fsp3) is 0.259. The number of carbonyl (C=O) groups excluding carboxylic acids is 2. The maximum absolute atomic E-state index is 12.3. The van der Waals surface area contributed by atoms with Crippen molar-refractivity contribution in [2.24, 2.45) is 0 Å². The molecule has 2 aromatic carbocycles. The van der Waals surface area contributed by atoms with Gasteiger partial charge in [0.2, 0.25) is 5.95 Å². The van der Waals surface area contributed by atoms with Gasteiger partial charge in [-0.05, 0) is 68.8 Å². The van der Waals surface area contributed by atoms with Gasteiger partial charge in [0.25, 0.3) is 5.91 Å². The molecule has 2 aromatic heterocycles. The molecule has 4 rings (SSSR count). The first-order chi connectivity index (χ1) is 17.5. The van der Waals surface area contributed by atoms with Gasteiger partial charge in [-0.2, -0.15) is 4.98 Å². The lowest BCUT2D eigenvalue weighted by molar-refractivity contribution is 0.0635. The summed E-state index contributed by atoms with van der Waals surface area (Å²) in [5.74, 6) is 0.781. The molecular formula is C27H30N6O4. The first-order valence-corrected chi connectivity index (χ1v) is 11.7. The Kier molecular flexibility index (Phi) is 7.01. The third-order valence-electron chi connectivity index (χ3n) is 5.30. The number of rotatable bonds is 6. The number of fused-ring (bicyclic) bond motifs is 1. The van der Waals surface area contributed by atoms with Crippen LogP contribution in [0.25, 0.3) is 16.8 Å². The Labute approximate surface area is 215 Å². The van der Waals surface area contributed by atoms with E-state index >= 15 is 0 Å². The smallest absolute Gasteiger partial charge is 0.412 e. The van der Waals surface area contributed by atoms with E-state index in [9.17, 15) is 9.59 Å². The summed E-state index contributed by atoms with van der Waals surface area (Å²) in [6, 6.07) is 16.4. The average molecular weight is 503 g/mol. The number of nitrogens with one attached hydrogen (secondary N) is 2. The largest absolute Gasteiger partial charge is 0.495 e. The highest BCUT2D eigenvalue weighted by atomic mass is 16.6. The molecular weight excluding hydrogens is 472 g/mol. The van der Waals surface area contributed by atoms with Crippen LogP contribution in [0.2, 0.25) is 0 Å². The molecule has 4 aromatic rings. The molecule has 0 saturated carbocycles. The highest BCUT2D eigenvalue weighted by Gasteiger charge is 2.16. The van der Waals surface area contributed by atoms with E-state index in [1.54, 1.807) is 43.9 Å². The van der Waals surface area contributed by atoms with Crippen molar-refractivity contribution in [1.82, 2.24) is 19.5 Å². The van der Waals surface area contributed by atoms with Crippen molar-refractivity contribution in [3.63, 3.8) is 0 Å². The normalized spacial score (nSPS) is 11.2. The van der Waals surface area contributed by atoms with Crippen LogP contribution in [0, 0.1) is 0 Å². The standard InChI is InChI=1S/C27H30N6O4/c1-27(2,3)37-26(35)28-20-11-7-17(8-12-20)19-10-14-23-30-25(31-33(23)16-19)29-21-13-9-18(15-22(21)36-6)24(34)32(4)5/h7-16H,1-6H3,(H,28,35)(H,29,31). The van der Waals surface area contributed by atoms with Gasteiger partial charge in [0, 0.05) is 37.1 Å². The predicted octanol–water partition coefficient (Wildman–Crippen LogP) is 5.20. The van der Waals surface area contributed by atoms with Gasteiger partial charge in [-0.3, -0.25) is 10.1 Å². The lowest BCUT2D eigenvalue weighted by Gasteiger charge is -2.19. The molecule has 0 radical (unpaired) electrons. The van der Waals surface area contributed by atoms with Gasteiger partial charge in [-0.15, -0.1) is 5.10 Å². The molecule has 2 amide bonds. The minimum atomic E-state index is -0.565. The van der Waals surface area contributed by atoms with Crippen LogP contribution in [0.1, 0.15) is 31.1 Å². The number of hydrogen-bond acceptors (Lipinski definition) is 7. The third-order valence-corrected chi connectivity index (χ3v) is 5.30. The topological polar surface area (TPSA) is 110 Å². The minimum Gasteiger partial charge on any atom is -0.495 e. The summed E-state index contributed by atoms with van der Waals surface area (Å²) in [6.45, 7) is 5.45. The van der Waals surface area contributed by atoms with Crippen molar-refractivity contribution in [2.45, 2.75) is 26.4 Å². The molecule has 0 atom stereocenters. The van der Waals surface area contributed by atoms with Crippen LogP contribution in [0.3, 0.4) is 0 Å². The second-order valence-corrected chi connectivity index (χ2v) is 9.60. The molecule has 0 spiro atoms. The van der Waals surface area contributed by atoms with E-state index in [2.05, 4.69) is 20.7 Å². The van der Waals surface area contributed by atoms with Crippen molar-refractivity contribution in [2.75, 3.05) is 31.8 Å². The van der Waals surface area contributed by atoms with Crippen molar-refractivity contribution in [3.05, 3.63) is 66.4 Å². The zero-order valence-corrected chi connectivity index (χ0v) is 21.7. The second-order valence-electron chi connectivity index (χ2n) is 9.60. The van der Waals surface area contributed by atoms with E-state index in [4.69, 9.17) is 9.47 Å². The molecule has 10 heteroatoms. The second kappa shape index (κ2) is 10.2. The third kappa shape index (κ3) is 6.16. The molecule has 37 heavy (non-hydrogen) atoms. The maximum atomic E-state index is 12.3. The molecule has 0 saturated heterocycles. The number of hydrogen-bond donors (Lipinski definition) is 2. The van der Waals surface area contributed by atoms with Crippen molar-refractivity contribution in [1.29, 1.82) is 0 Å². The summed E-state index contributed by atoms with van der Waals surface area (Å²) in [7, 11) is 4.94. The average Bonchev–Trinajstić information content (AvgIpc) is 3.24. The molecule has 10 nitrogen and oxygen atoms in total. The summed E-state index contributed by atoms with van der Waals surface area (Å²) >= 11 is 0. The van der Waals surface area contributed by atoms with Crippen molar-refractivity contribution >= 4 is 35.0 Å². The quantitative estimate of drug-likeness (QED) is 0.373. The minimum absolute atomic E-state index is 0.114. The molecule has 0 aliphatic rings. The van der Waals surface area contributed by atoms with Crippen LogP contribution >= 0.6 is 0 Å². The Morgan fingerprint density at radius 3 is 2.32 bits per heavy atom. The Bertz CT molecular complexity index is 1440. The van der Waals surface area contributed by atoms with Gasteiger partial charge >= 0.3 is 6.09 Å². The van der Waals surface area contributed by atoms with Crippen LogP contribution in [0.15, 0.2) is 60.8 Å². The summed E-state index contributed by atoms with van der Waals surface area (Å²) in [4.78, 5) is 30.3. The molecule has 2 N–H and O–H groups in total. The van der Waals surface area contributed by atoms with E-state index in [0.29, 0.717) is 34.3 Å². The summed E-state index contributed by atoms with van der Waals surface area (Å²) in [5, 5.41) is 10.4. The van der Waals surface area contributed by atoms with Crippen LogP contribution in [-0.2, 0) is 4.74 Å². The van der Waals surface area contributed by atoms with E-state index in [1.165, 1.54) is 4.90 Å². The van der Waals surface area contributed by atoms with E-state index in [0.717, 1.165) is 11.1 Å². The predicted molar refractivity (Wildman–Crippen MR) is 143 cm³/mol. The van der Waals surface area contributed by atoms with Crippen LogP contribution in [0.4, 0.5) is 22.1 Å². The van der Waals surface area contributed by atoms with Crippen molar-refractivity contribution < 1.29 is 19.1 Å². The zero-order chi connectivity index (χ0) is 26.7.